The summed E-state index contributed by atoms with van der Waals surface area (Å²) in [6, 6.07) is 15.6. The van der Waals surface area contributed by atoms with Gasteiger partial charge >= 0.3 is 23.9 Å². The lowest BCUT2D eigenvalue weighted by atomic mass is 9.98. The first kappa shape index (κ1) is 26.7. The van der Waals surface area contributed by atoms with Crippen molar-refractivity contribution in [2.75, 3.05) is 18.0 Å². The molecule has 35 heavy (non-hydrogen) atoms. The highest BCUT2D eigenvalue weighted by atomic mass is 16.4. The molecule has 2 atom stereocenters. The van der Waals surface area contributed by atoms with Crippen LogP contribution in [0.3, 0.4) is 0 Å². The van der Waals surface area contributed by atoms with Crippen LogP contribution >= 0.6 is 0 Å². The van der Waals surface area contributed by atoms with Crippen molar-refractivity contribution in [3.05, 3.63) is 66.8 Å². The topological polar surface area (TPSA) is 190 Å². The van der Waals surface area contributed by atoms with Gasteiger partial charge in [0.05, 0.1) is 5.69 Å². The van der Waals surface area contributed by atoms with E-state index in [0.717, 1.165) is 30.2 Å². The monoisotopic (exact) mass is 484 g/mol. The maximum Gasteiger partial charge on any atom is 0.328 e. The van der Waals surface area contributed by atoms with E-state index >= 15 is 0 Å². The number of anilines is 1. The van der Waals surface area contributed by atoms with Gasteiger partial charge in [-0.25, -0.2) is 19.2 Å². The Morgan fingerprint density at radius 1 is 0.800 bits per heavy atom. The molecule has 2 aliphatic heterocycles. The van der Waals surface area contributed by atoms with E-state index < -0.39 is 23.9 Å². The van der Waals surface area contributed by atoms with Crippen LogP contribution in [0.4, 0.5) is 5.82 Å². The first-order valence-electron chi connectivity index (χ1n) is 10.3. The number of benzene rings is 1. The van der Waals surface area contributed by atoms with Crippen molar-refractivity contribution in [3.63, 3.8) is 0 Å². The van der Waals surface area contributed by atoms with Crippen LogP contribution in [-0.2, 0) is 19.2 Å². The van der Waals surface area contributed by atoms with Crippen LogP contribution in [0.1, 0.15) is 6.42 Å². The Hall–Kier alpha value is -4.58. The maximum absolute atomic E-state index is 9.55. The molecule has 4 rings (SSSR count). The molecule has 184 valence electrons. The number of carboxylic acid groups (broad SMARTS) is 4. The largest absolute Gasteiger partial charge is 0.478 e. The molecule has 2 fully saturated rings. The second kappa shape index (κ2) is 13.2. The molecule has 12 heteroatoms. The van der Waals surface area contributed by atoms with Gasteiger partial charge in [0.25, 0.3) is 0 Å². The van der Waals surface area contributed by atoms with Gasteiger partial charge in [-0.2, -0.15) is 0 Å². The van der Waals surface area contributed by atoms with E-state index in [9.17, 15) is 19.2 Å². The van der Waals surface area contributed by atoms with Gasteiger partial charge in [0.2, 0.25) is 0 Å². The molecule has 2 saturated heterocycles. The summed E-state index contributed by atoms with van der Waals surface area (Å²) in [5.74, 6) is -4.02. The maximum atomic E-state index is 9.55. The molecule has 12 nitrogen and oxygen atoms in total. The first-order valence-corrected chi connectivity index (χ1v) is 10.3. The second-order valence-corrected chi connectivity index (χ2v) is 7.23. The number of hydrogen-bond acceptors (Lipinski definition) is 8. The number of carbonyl (C=O) groups is 4. The smallest absolute Gasteiger partial charge is 0.328 e. The van der Waals surface area contributed by atoms with E-state index in [2.05, 4.69) is 44.7 Å². The normalized spacial score (nSPS) is 17.9. The van der Waals surface area contributed by atoms with Crippen molar-refractivity contribution < 1.29 is 39.6 Å². The Morgan fingerprint density at radius 2 is 1.34 bits per heavy atom. The molecule has 0 amide bonds. The highest BCUT2D eigenvalue weighted by Gasteiger charge is 2.42. The Morgan fingerprint density at radius 3 is 1.77 bits per heavy atom. The Labute approximate surface area is 199 Å². The van der Waals surface area contributed by atoms with Crippen LogP contribution in [0.5, 0.6) is 0 Å². The van der Waals surface area contributed by atoms with E-state index in [1.54, 1.807) is 0 Å². The van der Waals surface area contributed by atoms with E-state index in [4.69, 9.17) is 20.4 Å². The molecular weight excluding hydrogens is 460 g/mol. The Bertz CT molecular complexity index is 1020. The van der Waals surface area contributed by atoms with Crippen molar-refractivity contribution in [3.8, 4) is 11.3 Å². The fourth-order valence-corrected chi connectivity index (χ4v) is 3.31. The summed E-state index contributed by atoms with van der Waals surface area (Å²) in [6.45, 7) is 2.19. The second-order valence-electron chi connectivity index (χ2n) is 7.23. The predicted molar refractivity (Wildman–Crippen MR) is 124 cm³/mol. The molecule has 0 radical (unpaired) electrons. The van der Waals surface area contributed by atoms with Crippen molar-refractivity contribution in [2.45, 2.75) is 18.5 Å². The van der Waals surface area contributed by atoms with Crippen LogP contribution in [0.2, 0.25) is 0 Å². The number of nitrogens with zero attached hydrogens (tertiary/aromatic N) is 3. The van der Waals surface area contributed by atoms with E-state index in [0.29, 0.717) is 36.4 Å². The van der Waals surface area contributed by atoms with Gasteiger partial charge in [-0.15, -0.1) is 10.2 Å². The minimum atomic E-state index is -1.26. The average Bonchev–Trinajstić information content (AvgIpc) is 3.18. The number of nitrogens with one attached hydrogen (secondary N) is 1. The van der Waals surface area contributed by atoms with Gasteiger partial charge in [0.1, 0.15) is 0 Å². The van der Waals surface area contributed by atoms with Crippen molar-refractivity contribution in [2.24, 2.45) is 0 Å². The number of aliphatic carboxylic acids is 4. The lowest BCUT2D eigenvalue weighted by Gasteiger charge is -2.44. The van der Waals surface area contributed by atoms with Crippen molar-refractivity contribution in [1.29, 1.82) is 0 Å². The number of carboxylic acids is 4. The highest BCUT2D eigenvalue weighted by molar-refractivity contribution is 5.90. The number of hydrogen-bond donors (Lipinski definition) is 5. The SMILES string of the molecule is O=C(O)/C=C/C(=O)O.O=C(O)/C=C/C(=O)O.c1ccc(-c2ccc(N3C[C@H]4NCC[C@H]43)nn2)cc1. The summed E-state index contributed by atoms with van der Waals surface area (Å²) in [6.07, 6.45) is 3.45. The van der Waals surface area contributed by atoms with Gasteiger partial charge in [0.15, 0.2) is 5.82 Å². The zero-order valence-electron chi connectivity index (χ0n) is 18.4. The highest BCUT2D eigenvalue weighted by Crippen LogP contribution is 2.30. The molecule has 0 bridgehead atoms. The third-order valence-electron chi connectivity index (χ3n) is 4.86. The third kappa shape index (κ3) is 9.06. The quantitative estimate of drug-likeness (QED) is 0.368. The zero-order chi connectivity index (χ0) is 25.8. The summed E-state index contributed by atoms with van der Waals surface area (Å²) in [5, 5.41) is 43.5. The molecule has 5 N–H and O–H groups in total. The van der Waals surface area contributed by atoms with Gasteiger partial charge < -0.3 is 30.6 Å². The molecule has 0 aliphatic carbocycles. The lowest BCUT2D eigenvalue weighted by Crippen LogP contribution is -2.61. The zero-order valence-corrected chi connectivity index (χ0v) is 18.4. The van der Waals surface area contributed by atoms with E-state index in [-0.39, 0.29) is 0 Å². The number of rotatable bonds is 6. The fraction of sp³-hybridized carbons (Fsp3) is 0.217. The third-order valence-corrected chi connectivity index (χ3v) is 4.86. The van der Waals surface area contributed by atoms with E-state index in [1.165, 1.54) is 6.42 Å². The summed E-state index contributed by atoms with van der Waals surface area (Å²) < 4.78 is 0. The molecule has 1 aromatic carbocycles. The molecule has 2 aromatic rings. The van der Waals surface area contributed by atoms with Crippen LogP contribution < -0.4 is 10.2 Å². The molecule has 3 heterocycles. The van der Waals surface area contributed by atoms with Gasteiger partial charge in [0, 0.05) is 48.5 Å². The van der Waals surface area contributed by atoms with Crippen molar-refractivity contribution in [1.82, 2.24) is 15.5 Å². The van der Waals surface area contributed by atoms with Crippen LogP contribution in [0, 0.1) is 0 Å². The Kier molecular flexibility index (Phi) is 10.1. The summed E-state index contributed by atoms with van der Waals surface area (Å²) in [7, 11) is 0. The standard InChI is InChI=1S/C15H16N4.2C4H4O4/c1-2-4-11(5-3-1)12-6-7-15(18-17-12)19-10-13-14(19)8-9-16-13;2*5-3(6)1-2-4(7)8/h1-7,13-14,16H,8-10H2;2*1-2H,(H,5,6)(H,7,8)/b;2*2-1+/t13-,14-;;/m1../s1. The van der Waals surface area contributed by atoms with Crippen molar-refractivity contribution >= 4 is 29.7 Å². The van der Waals surface area contributed by atoms with Gasteiger partial charge in [-0.3, -0.25) is 0 Å². The van der Waals surface area contributed by atoms with E-state index in [1.807, 2.05) is 18.2 Å². The molecule has 0 saturated carbocycles. The van der Waals surface area contributed by atoms with Gasteiger partial charge in [-0.1, -0.05) is 30.3 Å². The molecule has 1 aromatic heterocycles. The Balaban J connectivity index is 0.000000227. The van der Waals surface area contributed by atoms with Gasteiger partial charge in [-0.05, 0) is 25.1 Å². The summed E-state index contributed by atoms with van der Waals surface area (Å²) in [5.41, 5.74) is 2.05. The van der Waals surface area contributed by atoms with Crippen LogP contribution in [0.25, 0.3) is 11.3 Å². The predicted octanol–water partition coefficient (Wildman–Crippen LogP) is 1.12. The molecule has 0 spiro atoms. The number of fused-ring (bicyclic) bond motifs is 1. The lowest BCUT2D eigenvalue weighted by molar-refractivity contribution is -0.134. The van der Waals surface area contributed by atoms with Crippen LogP contribution in [-0.4, -0.2) is 79.7 Å². The number of aromatic nitrogens is 2. The average molecular weight is 484 g/mol. The summed E-state index contributed by atoms with van der Waals surface area (Å²) >= 11 is 0. The molecular formula is C23H24N4O8. The fourth-order valence-electron chi connectivity index (χ4n) is 3.31. The first-order chi connectivity index (χ1) is 16.7. The van der Waals surface area contributed by atoms with Crippen LogP contribution in [0.15, 0.2) is 66.8 Å². The summed E-state index contributed by atoms with van der Waals surface area (Å²) in [4.78, 5) is 40.6. The molecule has 0 unspecified atom stereocenters. The molecule has 2 aliphatic rings. The minimum Gasteiger partial charge on any atom is -0.478 e. The minimum absolute atomic E-state index is 0.558.